The molecule has 0 saturated carbocycles. The summed E-state index contributed by atoms with van der Waals surface area (Å²) in [7, 11) is 0. The molecular weight excluding hydrogens is 280 g/mol. The van der Waals surface area contributed by atoms with Crippen LogP contribution in [0.4, 0.5) is 0 Å². The molecular formula is C22H18O. The Morgan fingerprint density at radius 3 is 1.65 bits per heavy atom. The first-order chi connectivity index (χ1) is 11.4. The standard InChI is InChI=1S/C22H18O/c1-4-10-18(11-5-1)16-17-21-22(23-21,19-12-6-2-7-13-19)20-14-8-3-9-15-20/h1-17,21H/b17-16+. The van der Waals surface area contributed by atoms with Crippen molar-refractivity contribution in [3.8, 4) is 0 Å². The largest absolute Gasteiger partial charge is 0.351 e. The van der Waals surface area contributed by atoms with Crippen molar-refractivity contribution in [2.24, 2.45) is 0 Å². The molecule has 3 aromatic carbocycles. The van der Waals surface area contributed by atoms with E-state index in [0.717, 1.165) is 0 Å². The van der Waals surface area contributed by atoms with E-state index in [4.69, 9.17) is 4.74 Å². The molecule has 4 rings (SSSR count). The van der Waals surface area contributed by atoms with E-state index >= 15 is 0 Å². The summed E-state index contributed by atoms with van der Waals surface area (Å²) in [4.78, 5) is 0. The quantitative estimate of drug-likeness (QED) is 0.615. The minimum Gasteiger partial charge on any atom is -0.351 e. The van der Waals surface area contributed by atoms with E-state index in [2.05, 4.69) is 84.9 Å². The topological polar surface area (TPSA) is 12.5 Å². The molecule has 112 valence electrons. The van der Waals surface area contributed by atoms with Crippen molar-refractivity contribution in [2.45, 2.75) is 11.7 Å². The predicted octanol–water partition coefficient (Wildman–Crippen LogP) is 5.04. The molecule has 23 heavy (non-hydrogen) atoms. The molecule has 1 aliphatic rings. The van der Waals surface area contributed by atoms with E-state index in [9.17, 15) is 0 Å². The van der Waals surface area contributed by atoms with Gasteiger partial charge in [-0.1, -0.05) is 103 Å². The van der Waals surface area contributed by atoms with Crippen molar-refractivity contribution in [1.29, 1.82) is 0 Å². The van der Waals surface area contributed by atoms with Gasteiger partial charge in [0.25, 0.3) is 0 Å². The summed E-state index contributed by atoms with van der Waals surface area (Å²) in [5.41, 5.74) is 3.24. The summed E-state index contributed by atoms with van der Waals surface area (Å²) in [6.45, 7) is 0. The molecule has 1 heteroatoms. The van der Waals surface area contributed by atoms with Crippen molar-refractivity contribution in [3.63, 3.8) is 0 Å². The fraction of sp³-hybridized carbons (Fsp3) is 0.0909. The van der Waals surface area contributed by atoms with Crippen molar-refractivity contribution >= 4 is 6.08 Å². The predicted molar refractivity (Wildman–Crippen MR) is 94.0 cm³/mol. The van der Waals surface area contributed by atoms with Crippen LogP contribution in [0.2, 0.25) is 0 Å². The van der Waals surface area contributed by atoms with Crippen LogP contribution in [-0.4, -0.2) is 6.10 Å². The van der Waals surface area contributed by atoms with Gasteiger partial charge in [0.1, 0.15) is 11.7 Å². The van der Waals surface area contributed by atoms with Crippen molar-refractivity contribution in [3.05, 3.63) is 114 Å². The molecule has 0 N–H and O–H groups in total. The molecule has 0 radical (unpaired) electrons. The van der Waals surface area contributed by atoms with Crippen LogP contribution >= 0.6 is 0 Å². The molecule has 1 heterocycles. The third-order valence-corrected chi connectivity index (χ3v) is 4.32. The van der Waals surface area contributed by atoms with Gasteiger partial charge in [-0.15, -0.1) is 0 Å². The lowest BCUT2D eigenvalue weighted by atomic mass is 9.87. The average Bonchev–Trinajstić information content (AvgIpc) is 3.38. The number of hydrogen-bond acceptors (Lipinski definition) is 1. The lowest BCUT2D eigenvalue weighted by Gasteiger charge is -2.13. The Bertz CT molecular complexity index is 752. The highest BCUT2D eigenvalue weighted by Gasteiger charge is 2.57. The summed E-state index contributed by atoms with van der Waals surface area (Å²) < 4.78 is 6.21. The molecule has 1 aliphatic heterocycles. The van der Waals surface area contributed by atoms with Gasteiger partial charge in [-0.3, -0.25) is 0 Å². The van der Waals surface area contributed by atoms with Crippen molar-refractivity contribution in [2.75, 3.05) is 0 Å². The van der Waals surface area contributed by atoms with Gasteiger partial charge >= 0.3 is 0 Å². The molecule has 0 aliphatic carbocycles. The SMILES string of the molecule is C(=C\C1OC1(c1ccccc1)c1ccccc1)/c1ccccc1. The van der Waals surface area contributed by atoms with E-state index in [1.165, 1.54) is 16.7 Å². The molecule has 0 aromatic heterocycles. The maximum Gasteiger partial charge on any atom is 0.149 e. The minimum absolute atomic E-state index is 0.0625. The Morgan fingerprint density at radius 1 is 0.652 bits per heavy atom. The molecule has 1 saturated heterocycles. The zero-order chi connectivity index (χ0) is 15.5. The van der Waals surface area contributed by atoms with Gasteiger partial charge in [0.15, 0.2) is 0 Å². The Balaban J connectivity index is 1.69. The average molecular weight is 298 g/mol. The molecule has 3 aromatic rings. The van der Waals surface area contributed by atoms with Gasteiger partial charge in [0.05, 0.1) is 0 Å². The Morgan fingerprint density at radius 2 is 1.13 bits per heavy atom. The summed E-state index contributed by atoms with van der Waals surface area (Å²) in [5, 5.41) is 0. The van der Waals surface area contributed by atoms with Gasteiger partial charge in [-0.25, -0.2) is 0 Å². The first-order valence-electron chi connectivity index (χ1n) is 7.92. The molecule has 0 spiro atoms. The number of ether oxygens (including phenoxy) is 1. The molecule has 0 amide bonds. The van der Waals surface area contributed by atoms with Gasteiger partial charge < -0.3 is 4.74 Å². The van der Waals surface area contributed by atoms with Crippen LogP contribution in [0, 0.1) is 0 Å². The van der Waals surface area contributed by atoms with Gasteiger partial charge in [0, 0.05) is 0 Å². The van der Waals surface area contributed by atoms with Crippen LogP contribution in [0.5, 0.6) is 0 Å². The Hall–Kier alpha value is -2.64. The first-order valence-corrected chi connectivity index (χ1v) is 7.92. The number of hydrogen-bond donors (Lipinski definition) is 0. The fourth-order valence-corrected chi connectivity index (χ4v) is 3.11. The van der Waals surface area contributed by atoms with E-state index in [0.29, 0.717) is 0 Å². The second-order valence-corrected chi connectivity index (χ2v) is 5.78. The molecule has 1 atom stereocenters. The highest BCUT2D eigenvalue weighted by Crippen LogP contribution is 2.52. The van der Waals surface area contributed by atoms with Gasteiger partial charge in [0.2, 0.25) is 0 Å². The van der Waals surface area contributed by atoms with Gasteiger partial charge in [-0.05, 0) is 16.7 Å². The van der Waals surface area contributed by atoms with Crippen molar-refractivity contribution < 1.29 is 4.74 Å². The maximum absolute atomic E-state index is 6.21. The normalized spacial score (nSPS) is 18.9. The lowest BCUT2D eigenvalue weighted by molar-refractivity contribution is 0.338. The van der Waals surface area contributed by atoms with Crippen LogP contribution in [0.15, 0.2) is 97.1 Å². The summed E-state index contributed by atoms with van der Waals surface area (Å²) in [6.07, 6.45) is 4.36. The number of epoxide rings is 1. The van der Waals surface area contributed by atoms with Crippen LogP contribution in [-0.2, 0) is 10.3 Å². The van der Waals surface area contributed by atoms with Crippen molar-refractivity contribution in [1.82, 2.24) is 0 Å². The Kier molecular flexibility index (Phi) is 3.57. The van der Waals surface area contributed by atoms with Crippen LogP contribution in [0.25, 0.3) is 6.08 Å². The summed E-state index contributed by atoms with van der Waals surface area (Å²) >= 11 is 0. The van der Waals surface area contributed by atoms with Crippen LogP contribution in [0.3, 0.4) is 0 Å². The zero-order valence-corrected chi connectivity index (χ0v) is 12.8. The summed E-state index contributed by atoms with van der Waals surface area (Å²) in [5.74, 6) is 0. The third kappa shape index (κ3) is 2.60. The third-order valence-electron chi connectivity index (χ3n) is 4.32. The van der Waals surface area contributed by atoms with E-state index in [1.807, 2.05) is 18.2 Å². The second kappa shape index (κ2) is 5.86. The minimum atomic E-state index is -0.353. The van der Waals surface area contributed by atoms with E-state index in [1.54, 1.807) is 0 Å². The molecule has 1 nitrogen and oxygen atoms in total. The van der Waals surface area contributed by atoms with Crippen LogP contribution in [0.1, 0.15) is 16.7 Å². The molecule has 0 bridgehead atoms. The Labute approximate surface area is 136 Å². The maximum atomic E-state index is 6.21. The van der Waals surface area contributed by atoms with E-state index < -0.39 is 0 Å². The summed E-state index contributed by atoms with van der Waals surface area (Å²) in [6, 6.07) is 31.3. The lowest BCUT2D eigenvalue weighted by Crippen LogP contribution is -2.13. The monoisotopic (exact) mass is 298 g/mol. The van der Waals surface area contributed by atoms with Gasteiger partial charge in [-0.2, -0.15) is 0 Å². The molecule has 1 fully saturated rings. The molecule has 1 unspecified atom stereocenters. The van der Waals surface area contributed by atoms with Crippen LogP contribution < -0.4 is 0 Å². The fourth-order valence-electron chi connectivity index (χ4n) is 3.11. The first kappa shape index (κ1) is 14.0. The zero-order valence-electron chi connectivity index (χ0n) is 12.8. The second-order valence-electron chi connectivity index (χ2n) is 5.78. The number of rotatable bonds is 4. The smallest absolute Gasteiger partial charge is 0.149 e. The number of benzene rings is 3. The highest BCUT2D eigenvalue weighted by atomic mass is 16.6. The highest BCUT2D eigenvalue weighted by molar-refractivity contribution is 5.53. The van der Waals surface area contributed by atoms with E-state index in [-0.39, 0.29) is 11.7 Å².